The van der Waals surface area contributed by atoms with Gasteiger partial charge in [0.05, 0.1) is 6.61 Å². The van der Waals surface area contributed by atoms with Gasteiger partial charge in [-0.25, -0.2) is 0 Å². The summed E-state index contributed by atoms with van der Waals surface area (Å²) in [6.07, 6.45) is 0.723. The molecule has 0 aliphatic rings. The molecule has 0 fully saturated rings. The van der Waals surface area contributed by atoms with Crippen LogP contribution in [0.1, 0.15) is 13.3 Å². The van der Waals surface area contributed by atoms with Crippen molar-refractivity contribution in [3.63, 3.8) is 0 Å². The predicted molar refractivity (Wildman–Crippen MR) is 21.4 cm³/mol. The second-order valence-corrected chi connectivity index (χ2v) is 1.16. The Morgan fingerprint density at radius 1 is 1.57 bits per heavy atom. The zero-order chi connectivity index (χ0) is 5.70. The average Bonchev–Trinajstić information content (AvgIpc) is 1.61. The SMILES string of the molecule is CCCOC([O])[O]. The quantitative estimate of drug-likeness (QED) is 0.482. The Labute approximate surface area is 42.5 Å². The minimum atomic E-state index is -2.10. The van der Waals surface area contributed by atoms with Crippen molar-refractivity contribution in [1.82, 2.24) is 0 Å². The Balaban J connectivity index is 2.68. The maximum Gasteiger partial charge on any atom is 0.329 e. The van der Waals surface area contributed by atoms with Gasteiger partial charge in [-0.3, -0.25) is 0 Å². The lowest BCUT2D eigenvalue weighted by Crippen LogP contribution is -2.06. The molecule has 0 aliphatic heterocycles. The molecule has 0 saturated carbocycles. The molecular formula is C4H8O3. The summed E-state index contributed by atoms with van der Waals surface area (Å²) in [5.41, 5.74) is 0. The summed E-state index contributed by atoms with van der Waals surface area (Å²) in [6, 6.07) is 0. The van der Waals surface area contributed by atoms with Crippen LogP contribution in [0.25, 0.3) is 0 Å². The summed E-state index contributed by atoms with van der Waals surface area (Å²) >= 11 is 0. The van der Waals surface area contributed by atoms with Crippen LogP contribution < -0.4 is 0 Å². The fourth-order valence-electron chi connectivity index (χ4n) is 0.214. The van der Waals surface area contributed by atoms with E-state index in [1.807, 2.05) is 6.92 Å². The van der Waals surface area contributed by atoms with Gasteiger partial charge in [-0.15, -0.1) is 0 Å². The first-order valence-corrected chi connectivity index (χ1v) is 2.20. The third-order valence-corrected chi connectivity index (χ3v) is 0.458. The van der Waals surface area contributed by atoms with E-state index in [4.69, 9.17) is 0 Å². The van der Waals surface area contributed by atoms with Gasteiger partial charge in [0.2, 0.25) is 0 Å². The second kappa shape index (κ2) is 4.05. The van der Waals surface area contributed by atoms with Gasteiger partial charge < -0.3 is 4.74 Å². The third-order valence-electron chi connectivity index (χ3n) is 0.458. The third kappa shape index (κ3) is 5.88. The summed E-state index contributed by atoms with van der Waals surface area (Å²) in [5, 5.41) is 19.0. The van der Waals surface area contributed by atoms with Crippen LogP contribution in [0.3, 0.4) is 0 Å². The molecule has 0 amide bonds. The fraction of sp³-hybridized carbons (Fsp3) is 1.00. The van der Waals surface area contributed by atoms with Crippen molar-refractivity contribution in [1.29, 1.82) is 0 Å². The van der Waals surface area contributed by atoms with Gasteiger partial charge in [0, 0.05) is 0 Å². The van der Waals surface area contributed by atoms with Crippen molar-refractivity contribution in [3.8, 4) is 0 Å². The molecule has 0 saturated heterocycles. The highest BCUT2D eigenvalue weighted by molar-refractivity contribution is 4.19. The Morgan fingerprint density at radius 2 is 2.14 bits per heavy atom. The van der Waals surface area contributed by atoms with Crippen molar-refractivity contribution in [2.75, 3.05) is 6.61 Å². The summed E-state index contributed by atoms with van der Waals surface area (Å²) in [7, 11) is 0. The Morgan fingerprint density at radius 3 is 2.29 bits per heavy atom. The molecule has 0 aromatic rings. The smallest absolute Gasteiger partial charge is 0.326 e. The summed E-state index contributed by atoms with van der Waals surface area (Å²) < 4.78 is 4.08. The molecule has 7 heavy (non-hydrogen) atoms. The summed E-state index contributed by atoms with van der Waals surface area (Å²) in [5.74, 6) is 0. The highest BCUT2D eigenvalue weighted by Crippen LogP contribution is 1.83. The fourth-order valence-corrected chi connectivity index (χ4v) is 0.214. The Hall–Kier alpha value is -0.120. The molecule has 0 N–H and O–H groups in total. The molecule has 0 aromatic heterocycles. The zero-order valence-electron chi connectivity index (χ0n) is 4.22. The Bertz CT molecular complexity index is 35.9. The van der Waals surface area contributed by atoms with Gasteiger partial charge >= 0.3 is 6.48 Å². The monoisotopic (exact) mass is 104 g/mol. The van der Waals surface area contributed by atoms with Crippen molar-refractivity contribution in [2.45, 2.75) is 19.8 Å². The minimum Gasteiger partial charge on any atom is -0.326 e. The summed E-state index contributed by atoms with van der Waals surface area (Å²) in [4.78, 5) is 0. The molecule has 2 radical (unpaired) electrons. The molecule has 0 rings (SSSR count). The highest BCUT2D eigenvalue weighted by Gasteiger charge is 1.96. The van der Waals surface area contributed by atoms with Crippen LogP contribution in [-0.4, -0.2) is 13.1 Å². The molecule has 0 unspecified atom stereocenters. The molecule has 0 aromatic carbocycles. The molecule has 3 nitrogen and oxygen atoms in total. The average molecular weight is 104 g/mol. The van der Waals surface area contributed by atoms with Crippen LogP contribution in [-0.2, 0) is 14.9 Å². The van der Waals surface area contributed by atoms with Crippen LogP contribution >= 0.6 is 0 Å². The van der Waals surface area contributed by atoms with E-state index in [1.54, 1.807) is 0 Å². The van der Waals surface area contributed by atoms with Crippen LogP contribution in [0.4, 0.5) is 0 Å². The van der Waals surface area contributed by atoms with E-state index in [-0.39, 0.29) is 6.61 Å². The molecule has 3 heteroatoms. The van der Waals surface area contributed by atoms with Crippen molar-refractivity contribution < 1.29 is 14.9 Å². The Kier molecular flexibility index (Phi) is 3.98. The van der Waals surface area contributed by atoms with Gasteiger partial charge in [0.25, 0.3) is 0 Å². The standard InChI is InChI=1S/C4H8O3/c1-2-3-7-4(5)6/h4H,2-3H2,1H3. The van der Waals surface area contributed by atoms with Crippen LogP contribution in [0.5, 0.6) is 0 Å². The number of hydrogen-bond acceptors (Lipinski definition) is 1. The normalized spacial score (nSPS) is 10.3. The van der Waals surface area contributed by atoms with Crippen molar-refractivity contribution >= 4 is 0 Å². The zero-order valence-corrected chi connectivity index (χ0v) is 4.22. The van der Waals surface area contributed by atoms with Crippen LogP contribution in [0.15, 0.2) is 0 Å². The molecular weight excluding hydrogens is 96.0 g/mol. The summed E-state index contributed by atoms with van der Waals surface area (Å²) in [6.45, 7) is 0.0139. The van der Waals surface area contributed by atoms with E-state index in [0.29, 0.717) is 0 Å². The van der Waals surface area contributed by atoms with Gasteiger partial charge in [-0.1, -0.05) is 6.92 Å². The lowest BCUT2D eigenvalue weighted by Gasteiger charge is -1.96. The minimum absolute atomic E-state index is 0.275. The number of hydrogen-bond donors (Lipinski definition) is 0. The van der Waals surface area contributed by atoms with E-state index >= 15 is 0 Å². The number of rotatable bonds is 3. The second-order valence-electron chi connectivity index (χ2n) is 1.16. The lowest BCUT2D eigenvalue weighted by molar-refractivity contribution is -0.296. The molecule has 0 spiro atoms. The van der Waals surface area contributed by atoms with Crippen LogP contribution in [0, 0.1) is 0 Å². The van der Waals surface area contributed by atoms with Gasteiger partial charge in [0.1, 0.15) is 0 Å². The van der Waals surface area contributed by atoms with Crippen LogP contribution in [0.2, 0.25) is 0 Å². The maximum atomic E-state index is 9.51. The van der Waals surface area contributed by atoms with E-state index in [2.05, 4.69) is 4.74 Å². The van der Waals surface area contributed by atoms with E-state index in [9.17, 15) is 10.2 Å². The van der Waals surface area contributed by atoms with Gasteiger partial charge in [-0.05, 0) is 6.42 Å². The molecule has 0 aliphatic carbocycles. The van der Waals surface area contributed by atoms with Crippen molar-refractivity contribution in [3.05, 3.63) is 0 Å². The van der Waals surface area contributed by atoms with E-state index in [0.717, 1.165) is 6.42 Å². The van der Waals surface area contributed by atoms with E-state index in [1.165, 1.54) is 0 Å². The first-order chi connectivity index (χ1) is 3.27. The number of ether oxygens (including phenoxy) is 1. The molecule has 42 valence electrons. The first kappa shape index (κ1) is 6.88. The molecule has 0 atom stereocenters. The molecule has 0 bridgehead atoms. The van der Waals surface area contributed by atoms with Crippen molar-refractivity contribution in [2.24, 2.45) is 0 Å². The van der Waals surface area contributed by atoms with Gasteiger partial charge in [-0.2, -0.15) is 10.2 Å². The first-order valence-electron chi connectivity index (χ1n) is 2.20. The van der Waals surface area contributed by atoms with Gasteiger partial charge in [0.15, 0.2) is 0 Å². The van der Waals surface area contributed by atoms with E-state index < -0.39 is 6.48 Å². The topological polar surface area (TPSA) is 49.0 Å². The highest BCUT2D eigenvalue weighted by atomic mass is 16.7. The largest absolute Gasteiger partial charge is 0.329 e. The maximum absolute atomic E-state index is 9.51. The molecule has 0 heterocycles. The lowest BCUT2D eigenvalue weighted by atomic mass is 10.5. The predicted octanol–water partition coefficient (Wildman–Crippen LogP) is 0.558.